The first-order valence-electron chi connectivity index (χ1n) is 12.6. The molecule has 2 fully saturated rings. The van der Waals surface area contributed by atoms with Crippen LogP contribution in [0.15, 0.2) is 29.7 Å². The maximum Gasteiger partial charge on any atom is 0.472 e. The summed E-state index contributed by atoms with van der Waals surface area (Å²) in [5.41, 5.74) is 11.6. The lowest BCUT2D eigenvalue weighted by molar-refractivity contribution is -0.0514. The number of imidazole rings is 1. The number of nitrogens with two attached hydrogens (primary N) is 2. The van der Waals surface area contributed by atoms with E-state index in [0.29, 0.717) is 17.6 Å². The van der Waals surface area contributed by atoms with E-state index in [9.17, 15) is 23.7 Å². The van der Waals surface area contributed by atoms with Crippen molar-refractivity contribution in [2.45, 2.75) is 50.5 Å². The maximum absolute atomic E-state index is 13.0. The topological polar surface area (TPSA) is 261 Å². The summed E-state index contributed by atoms with van der Waals surface area (Å²) in [7, 11) is -8.20. The number of hydrogen-bond donors (Lipinski definition) is 4. The Balaban J connectivity index is 1.24. The molecule has 0 aliphatic carbocycles. The molecule has 2 aliphatic heterocycles. The van der Waals surface area contributed by atoms with Crippen LogP contribution < -0.4 is 17.2 Å². The van der Waals surface area contributed by atoms with Gasteiger partial charge in [-0.2, -0.15) is 4.98 Å². The molecule has 0 saturated carbocycles. The van der Waals surface area contributed by atoms with Gasteiger partial charge in [-0.05, 0) is 18.4 Å². The molecular formula is C21H30N8O11P2. The lowest BCUT2D eigenvalue weighted by atomic mass is 10.0. The summed E-state index contributed by atoms with van der Waals surface area (Å²) in [4.78, 5) is 48.5. The molecule has 2 saturated heterocycles. The van der Waals surface area contributed by atoms with Gasteiger partial charge in [0.2, 0.25) is 0 Å². The van der Waals surface area contributed by atoms with Crippen molar-refractivity contribution < 1.29 is 46.5 Å². The van der Waals surface area contributed by atoms with Gasteiger partial charge < -0.3 is 30.7 Å². The summed E-state index contributed by atoms with van der Waals surface area (Å²) in [5.74, 6) is 0.122. The zero-order chi connectivity index (χ0) is 30.2. The molecule has 6 N–H and O–H groups in total. The van der Waals surface area contributed by atoms with Crippen molar-refractivity contribution in [3.05, 3.63) is 35.4 Å². The predicted octanol–water partition coefficient (Wildman–Crippen LogP) is 0.724. The normalized spacial score (nSPS) is 29.0. The zero-order valence-electron chi connectivity index (χ0n) is 22.4. The number of nitrogen functional groups attached to an aromatic ring is 2. The Morgan fingerprint density at radius 3 is 2.45 bits per heavy atom. The molecule has 0 aromatic carbocycles. The summed E-state index contributed by atoms with van der Waals surface area (Å²) < 4.78 is 59.4. The Hall–Kier alpha value is -2.83. The van der Waals surface area contributed by atoms with Crippen LogP contribution in [0.3, 0.4) is 0 Å². The minimum Gasteiger partial charge on any atom is -0.383 e. The van der Waals surface area contributed by atoms with Crippen molar-refractivity contribution >= 4 is 38.4 Å². The predicted molar refractivity (Wildman–Crippen MR) is 142 cm³/mol. The second-order valence-corrected chi connectivity index (χ2v) is 12.7. The van der Waals surface area contributed by atoms with E-state index in [1.165, 1.54) is 24.9 Å². The van der Waals surface area contributed by atoms with Crippen LogP contribution >= 0.6 is 15.6 Å². The molecule has 2 unspecified atom stereocenters. The molecule has 3 aromatic rings. The first-order valence-corrected chi connectivity index (χ1v) is 15.6. The molecular weight excluding hydrogens is 602 g/mol. The van der Waals surface area contributed by atoms with Gasteiger partial charge in [0.25, 0.3) is 0 Å². The molecule has 5 rings (SSSR count). The third-order valence-corrected chi connectivity index (χ3v) is 8.83. The van der Waals surface area contributed by atoms with E-state index in [1.54, 1.807) is 4.57 Å². The van der Waals surface area contributed by atoms with Crippen molar-refractivity contribution in [1.82, 2.24) is 29.1 Å². The molecule has 8 atom stereocenters. The summed E-state index contributed by atoms with van der Waals surface area (Å²) in [6.45, 7) is 1.02. The molecule has 0 spiro atoms. The van der Waals surface area contributed by atoms with Crippen LogP contribution in [-0.2, 0) is 36.7 Å². The van der Waals surface area contributed by atoms with Crippen molar-refractivity contribution in [3.8, 4) is 0 Å². The maximum atomic E-state index is 13.0. The monoisotopic (exact) mass is 632 g/mol. The van der Waals surface area contributed by atoms with E-state index in [2.05, 4.69) is 24.5 Å². The molecule has 0 amide bonds. The van der Waals surface area contributed by atoms with E-state index in [1.807, 2.05) is 6.92 Å². The Morgan fingerprint density at radius 2 is 1.71 bits per heavy atom. The number of phosphoric acid groups is 2. The Morgan fingerprint density at radius 1 is 1.02 bits per heavy atom. The van der Waals surface area contributed by atoms with Gasteiger partial charge in [0.05, 0.1) is 25.6 Å². The third kappa shape index (κ3) is 6.70. The number of nitrogens with zero attached hydrogens (tertiary/aromatic N) is 6. The Kier molecular flexibility index (Phi) is 8.78. The molecule has 230 valence electrons. The molecule has 0 radical (unpaired) electrons. The van der Waals surface area contributed by atoms with Crippen molar-refractivity contribution in [1.29, 1.82) is 0 Å². The molecule has 0 bridgehead atoms. The van der Waals surface area contributed by atoms with Gasteiger partial charge in [-0.3, -0.25) is 27.2 Å². The number of aromatic nitrogens is 6. The average molecular weight is 632 g/mol. The first kappa shape index (κ1) is 30.6. The lowest BCUT2D eigenvalue weighted by Crippen LogP contribution is -2.29. The highest BCUT2D eigenvalue weighted by Crippen LogP contribution is 2.50. The molecule has 19 nitrogen and oxygen atoms in total. The fraction of sp³-hybridized carbons (Fsp3) is 0.571. The number of ether oxygens (including phenoxy) is 2. The fourth-order valence-electron chi connectivity index (χ4n) is 4.69. The standard InChI is InChI=1S/C21H30N8O11P2/c1-11-5-16(29-10-26-18-19(23)24-9-25-20(18)29)38-13(11)7-37-42(33,34)40-12-6-17(28-4-3-15(22)27-21(28)30)39-14(12)8-36-41(31,32)35-2/h3-4,9-14,16-17H,5-8H2,1-2H3,(H,31,32)(H,33,34)(H2,22,27,30)(H2,23,24,25)/t11-,12-,13+,14+,16+,17+/m0/s1. The molecule has 5 heterocycles. The first-order chi connectivity index (χ1) is 19.9. The minimum atomic E-state index is -4.75. The Labute approximate surface area is 237 Å². The van der Waals surface area contributed by atoms with Crippen LogP contribution in [-0.4, -0.2) is 77.5 Å². The van der Waals surface area contributed by atoms with Gasteiger partial charge in [0.15, 0.2) is 11.5 Å². The number of anilines is 2. The number of hydrogen-bond acceptors (Lipinski definition) is 15. The minimum absolute atomic E-state index is 0.0132. The van der Waals surface area contributed by atoms with Crippen LogP contribution in [0, 0.1) is 5.92 Å². The van der Waals surface area contributed by atoms with E-state index in [4.69, 9.17) is 34.5 Å². The summed E-state index contributed by atoms with van der Waals surface area (Å²) in [6, 6.07) is 1.36. The average Bonchev–Trinajstić information content (AvgIpc) is 3.63. The highest BCUT2D eigenvalue weighted by molar-refractivity contribution is 7.47. The second kappa shape index (κ2) is 12.0. The summed E-state index contributed by atoms with van der Waals surface area (Å²) >= 11 is 0. The zero-order valence-corrected chi connectivity index (χ0v) is 24.2. The van der Waals surface area contributed by atoms with Gasteiger partial charge in [-0.1, -0.05) is 6.92 Å². The van der Waals surface area contributed by atoms with Crippen molar-refractivity contribution in [3.63, 3.8) is 0 Å². The van der Waals surface area contributed by atoms with Crippen molar-refractivity contribution in [2.75, 3.05) is 31.8 Å². The van der Waals surface area contributed by atoms with Crippen LogP contribution in [0.25, 0.3) is 11.2 Å². The molecule has 21 heteroatoms. The number of fused-ring (bicyclic) bond motifs is 1. The lowest BCUT2D eigenvalue weighted by Gasteiger charge is -2.23. The van der Waals surface area contributed by atoms with Gasteiger partial charge in [-0.25, -0.2) is 28.9 Å². The van der Waals surface area contributed by atoms with E-state index in [-0.39, 0.29) is 30.6 Å². The quantitative estimate of drug-likeness (QED) is 0.212. The molecule has 3 aromatic heterocycles. The highest BCUT2D eigenvalue weighted by atomic mass is 31.2. The third-order valence-electron chi connectivity index (χ3n) is 6.88. The van der Waals surface area contributed by atoms with Crippen LogP contribution in [0.4, 0.5) is 11.6 Å². The van der Waals surface area contributed by atoms with Crippen molar-refractivity contribution in [2.24, 2.45) is 5.92 Å². The van der Waals surface area contributed by atoms with Crippen LogP contribution in [0.2, 0.25) is 0 Å². The SMILES string of the molecule is COP(=O)(O)OC[C@H]1O[C@@H](n2ccc(N)nc2=O)C[C@@H]1OP(=O)(O)OC[C@H]1O[C@@H](n2cnc3c(N)ncnc32)C[C@@H]1C. The molecule has 2 aliphatic rings. The van der Waals surface area contributed by atoms with Gasteiger partial charge in [0.1, 0.15) is 42.3 Å². The van der Waals surface area contributed by atoms with Gasteiger partial charge in [-0.15, -0.1) is 0 Å². The summed E-state index contributed by atoms with van der Waals surface area (Å²) in [5, 5.41) is 0. The van der Waals surface area contributed by atoms with E-state index in [0.717, 1.165) is 11.7 Å². The van der Waals surface area contributed by atoms with Gasteiger partial charge >= 0.3 is 21.3 Å². The molecule has 42 heavy (non-hydrogen) atoms. The Bertz CT molecular complexity index is 1590. The summed E-state index contributed by atoms with van der Waals surface area (Å²) in [6.07, 6.45) is 0.101. The number of rotatable bonds is 11. The van der Waals surface area contributed by atoms with Gasteiger partial charge in [0, 0.05) is 19.7 Å². The largest absolute Gasteiger partial charge is 0.472 e. The fourth-order valence-corrected chi connectivity index (χ4v) is 6.09. The highest BCUT2D eigenvalue weighted by Gasteiger charge is 2.44. The van der Waals surface area contributed by atoms with Crippen LogP contribution in [0.1, 0.15) is 32.2 Å². The second-order valence-electron chi connectivity index (χ2n) is 9.69. The van der Waals surface area contributed by atoms with Crippen LogP contribution in [0.5, 0.6) is 0 Å². The number of phosphoric ester groups is 2. The van der Waals surface area contributed by atoms with E-state index < -0.39 is 58.7 Å². The van der Waals surface area contributed by atoms with E-state index >= 15 is 0 Å². The smallest absolute Gasteiger partial charge is 0.383 e.